The maximum absolute atomic E-state index is 12.5. The number of nitrogens with two attached hydrogens (primary N) is 1. The molecule has 0 atom stereocenters. The molecule has 11 heteroatoms. The van der Waals surface area contributed by atoms with E-state index in [1.165, 1.54) is 0 Å². The molecule has 0 unspecified atom stereocenters. The van der Waals surface area contributed by atoms with Gasteiger partial charge in [0.2, 0.25) is 5.95 Å². The van der Waals surface area contributed by atoms with Crippen LogP contribution in [0, 0.1) is 0 Å². The van der Waals surface area contributed by atoms with E-state index >= 15 is 0 Å². The molecule has 0 aromatic carbocycles. The number of aryl methyl sites for hydroxylation is 1. The van der Waals surface area contributed by atoms with Crippen molar-refractivity contribution in [3.8, 4) is 11.3 Å². The van der Waals surface area contributed by atoms with E-state index in [-0.39, 0.29) is 11.9 Å². The van der Waals surface area contributed by atoms with Gasteiger partial charge < -0.3 is 25.4 Å². The van der Waals surface area contributed by atoms with Gasteiger partial charge >= 0.3 is 0 Å². The summed E-state index contributed by atoms with van der Waals surface area (Å²) in [6, 6.07) is 3.98. The normalized spacial score (nSPS) is 13.6. The van der Waals surface area contributed by atoms with Crippen LogP contribution in [0.15, 0.2) is 35.4 Å². The molecule has 0 aliphatic heterocycles. The zero-order valence-corrected chi connectivity index (χ0v) is 16.4. The molecule has 11 nitrogen and oxygen atoms in total. The van der Waals surface area contributed by atoms with Crippen LogP contribution in [0.2, 0.25) is 0 Å². The first kappa shape index (κ1) is 18.2. The highest BCUT2D eigenvalue weighted by Crippen LogP contribution is 2.27. The second-order valence-corrected chi connectivity index (χ2v) is 7.27. The quantitative estimate of drug-likeness (QED) is 0.417. The van der Waals surface area contributed by atoms with Crippen LogP contribution < -0.4 is 16.4 Å². The molecule has 0 radical (unpaired) electrons. The molecule has 0 bridgehead atoms. The van der Waals surface area contributed by atoms with Crippen molar-refractivity contribution in [1.29, 1.82) is 0 Å². The Bertz CT molecular complexity index is 1200. The highest BCUT2D eigenvalue weighted by atomic mass is 16.3. The number of nitrogen functional groups attached to an aromatic ring is 1. The van der Waals surface area contributed by atoms with Gasteiger partial charge in [-0.15, -0.1) is 0 Å². The van der Waals surface area contributed by atoms with Crippen molar-refractivity contribution in [2.75, 3.05) is 17.6 Å². The van der Waals surface area contributed by atoms with Crippen LogP contribution in [0.4, 0.5) is 11.8 Å². The molecule has 1 saturated carbocycles. The van der Waals surface area contributed by atoms with E-state index in [1.807, 2.05) is 10.6 Å². The Kier molecular flexibility index (Phi) is 4.34. The first-order valence-electron chi connectivity index (χ1n) is 9.68. The van der Waals surface area contributed by atoms with Gasteiger partial charge in [-0.2, -0.15) is 15.1 Å². The Morgan fingerprint density at radius 3 is 3.00 bits per heavy atom. The third-order valence-corrected chi connectivity index (χ3v) is 4.97. The molecule has 30 heavy (non-hydrogen) atoms. The molecule has 1 aliphatic rings. The summed E-state index contributed by atoms with van der Waals surface area (Å²) in [7, 11) is 1.79. The lowest BCUT2D eigenvalue weighted by molar-refractivity contribution is 0.0946. The molecule has 154 valence electrons. The van der Waals surface area contributed by atoms with Gasteiger partial charge in [-0.05, 0) is 25.0 Å². The van der Waals surface area contributed by atoms with Crippen molar-refractivity contribution in [3.05, 3.63) is 36.7 Å². The minimum absolute atomic E-state index is 0.191. The van der Waals surface area contributed by atoms with Crippen LogP contribution >= 0.6 is 0 Å². The molecule has 4 aromatic heterocycles. The van der Waals surface area contributed by atoms with Crippen LogP contribution in [0.3, 0.4) is 0 Å². The SMILES string of the molecule is Cn1nc(C(=O)NCCn2cnc3c(NC4CC4)nc(N)nc32)cc1-c1ccoc1. The maximum Gasteiger partial charge on any atom is 0.271 e. The molecule has 4 N–H and O–H groups in total. The number of imidazole rings is 1. The summed E-state index contributed by atoms with van der Waals surface area (Å²) in [5.74, 6) is 0.592. The van der Waals surface area contributed by atoms with Gasteiger partial charge in [0.1, 0.15) is 0 Å². The van der Waals surface area contributed by atoms with E-state index in [0.717, 1.165) is 24.1 Å². The summed E-state index contributed by atoms with van der Waals surface area (Å²) in [6.07, 6.45) is 7.12. The predicted octanol–water partition coefficient (Wildman–Crippen LogP) is 1.41. The van der Waals surface area contributed by atoms with Gasteiger partial charge in [-0.1, -0.05) is 0 Å². The van der Waals surface area contributed by atoms with Crippen LogP contribution in [-0.2, 0) is 13.6 Å². The van der Waals surface area contributed by atoms with Crippen molar-refractivity contribution < 1.29 is 9.21 Å². The van der Waals surface area contributed by atoms with Crippen molar-refractivity contribution in [3.63, 3.8) is 0 Å². The molecular weight excluding hydrogens is 386 g/mol. The van der Waals surface area contributed by atoms with Crippen LogP contribution in [0.25, 0.3) is 22.4 Å². The molecule has 4 aromatic rings. The Morgan fingerprint density at radius 1 is 1.37 bits per heavy atom. The van der Waals surface area contributed by atoms with Gasteiger partial charge in [-0.25, -0.2) is 4.98 Å². The standard InChI is InChI=1S/C19H21N9O2/c1-27-14(11-4-7-30-9-11)8-13(26-27)18(29)21-5-6-28-10-22-15-16(23-12-2-3-12)24-19(20)25-17(15)28/h4,7-10,12H,2-3,5-6H2,1H3,(H,21,29)(H3,20,23,24,25). The molecule has 5 rings (SSSR count). The number of aromatic nitrogens is 6. The van der Waals surface area contributed by atoms with Crippen LogP contribution in [-0.4, -0.2) is 47.8 Å². The van der Waals surface area contributed by atoms with E-state index in [2.05, 4.69) is 30.7 Å². The van der Waals surface area contributed by atoms with E-state index in [9.17, 15) is 4.79 Å². The lowest BCUT2D eigenvalue weighted by Crippen LogP contribution is -2.27. The minimum Gasteiger partial charge on any atom is -0.472 e. The van der Waals surface area contributed by atoms with E-state index in [4.69, 9.17) is 10.2 Å². The van der Waals surface area contributed by atoms with Gasteiger partial charge in [0.15, 0.2) is 22.7 Å². The monoisotopic (exact) mass is 407 g/mol. The maximum atomic E-state index is 12.5. The summed E-state index contributed by atoms with van der Waals surface area (Å²) in [4.78, 5) is 25.5. The summed E-state index contributed by atoms with van der Waals surface area (Å²) >= 11 is 0. The van der Waals surface area contributed by atoms with Gasteiger partial charge in [0.05, 0.1) is 24.5 Å². The number of amides is 1. The number of hydrogen-bond donors (Lipinski definition) is 3. The Hall–Kier alpha value is -3.89. The van der Waals surface area contributed by atoms with Gasteiger partial charge in [0.25, 0.3) is 5.91 Å². The smallest absolute Gasteiger partial charge is 0.271 e. The zero-order chi connectivity index (χ0) is 20.7. The molecule has 0 spiro atoms. The molecule has 4 heterocycles. The summed E-state index contributed by atoms with van der Waals surface area (Å²) < 4.78 is 8.60. The first-order valence-corrected chi connectivity index (χ1v) is 9.68. The molecule has 0 saturated heterocycles. The molecule has 1 aliphatic carbocycles. The largest absolute Gasteiger partial charge is 0.472 e. The van der Waals surface area contributed by atoms with Crippen LogP contribution in [0.1, 0.15) is 23.3 Å². The third-order valence-electron chi connectivity index (χ3n) is 4.97. The number of fused-ring (bicyclic) bond motifs is 1. The van der Waals surface area contributed by atoms with E-state index in [1.54, 1.807) is 36.6 Å². The average molecular weight is 407 g/mol. The number of carbonyl (C=O) groups excluding carboxylic acids is 1. The fourth-order valence-electron chi connectivity index (χ4n) is 3.29. The number of rotatable bonds is 7. The Morgan fingerprint density at radius 2 is 2.23 bits per heavy atom. The molecule has 1 amide bonds. The van der Waals surface area contributed by atoms with Crippen molar-refractivity contribution in [2.24, 2.45) is 7.05 Å². The summed E-state index contributed by atoms with van der Waals surface area (Å²) in [5, 5.41) is 10.5. The number of furan rings is 1. The third kappa shape index (κ3) is 3.45. The van der Waals surface area contributed by atoms with Crippen molar-refractivity contribution in [1.82, 2.24) is 34.6 Å². The van der Waals surface area contributed by atoms with E-state index in [0.29, 0.717) is 41.8 Å². The topological polar surface area (TPSA) is 142 Å². The summed E-state index contributed by atoms with van der Waals surface area (Å²) in [6.45, 7) is 0.875. The molecule has 1 fully saturated rings. The van der Waals surface area contributed by atoms with Gasteiger partial charge in [-0.3, -0.25) is 9.48 Å². The minimum atomic E-state index is -0.255. The number of nitrogens with zero attached hydrogens (tertiary/aromatic N) is 6. The van der Waals surface area contributed by atoms with Crippen LogP contribution in [0.5, 0.6) is 0 Å². The molecular formula is C19H21N9O2. The zero-order valence-electron chi connectivity index (χ0n) is 16.4. The Labute approximate surface area is 171 Å². The number of hydrogen-bond acceptors (Lipinski definition) is 8. The number of anilines is 2. The fourth-order valence-corrected chi connectivity index (χ4v) is 3.29. The second kappa shape index (κ2) is 7.17. The van der Waals surface area contributed by atoms with Gasteiger partial charge in [0, 0.05) is 31.7 Å². The lowest BCUT2D eigenvalue weighted by atomic mass is 10.2. The lowest BCUT2D eigenvalue weighted by Gasteiger charge is -2.07. The summed E-state index contributed by atoms with van der Waals surface area (Å²) in [5.41, 5.74) is 9.19. The first-order chi connectivity index (χ1) is 14.6. The van der Waals surface area contributed by atoms with Crippen molar-refractivity contribution >= 4 is 28.8 Å². The average Bonchev–Trinajstić information content (AvgIpc) is 3.10. The predicted molar refractivity (Wildman–Crippen MR) is 110 cm³/mol. The highest BCUT2D eigenvalue weighted by molar-refractivity contribution is 5.93. The Balaban J connectivity index is 1.27. The highest BCUT2D eigenvalue weighted by Gasteiger charge is 2.24. The fraction of sp³-hybridized carbons (Fsp3) is 0.316. The number of carbonyl (C=O) groups is 1. The van der Waals surface area contributed by atoms with E-state index < -0.39 is 0 Å². The number of nitrogens with one attached hydrogen (secondary N) is 2. The second-order valence-electron chi connectivity index (χ2n) is 7.27. The van der Waals surface area contributed by atoms with Crippen molar-refractivity contribution in [2.45, 2.75) is 25.4 Å².